The highest BCUT2D eigenvalue weighted by atomic mass is 32.2. The van der Waals surface area contributed by atoms with Crippen LogP contribution in [0.5, 0.6) is 0 Å². The Morgan fingerprint density at radius 3 is 2.94 bits per heavy atom. The second kappa shape index (κ2) is 4.48. The van der Waals surface area contributed by atoms with Gasteiger partial charge in [0.05, 0.1) is 0 Å². The van der Waals surface area contributed by atoms with E-state index in [4.69, 9.17) is 12.2 Å². The molecule has 1 aromatic heterocycles. The molecule has 0 amide bonds. The lowest BCUT2D eigenvalue weighted by molar-refractivity contribution is 0.627. The second-order valence-electron chi connectivity index (χ2n) is 4.36. The smallest absolute Gasteiger partial charge is 0.139 e. The summed E-state index contributed by atoms with van der Waals surface area (Å²) in [6.45, 7) is 1.87. The normalized spacial score (nSPS) is 13.7. The maximum absolute atomic E-state index is 13.4. The molecule has 2 nitrogen and oxygen atoms in total. The SMILES string of the molecule is Cc1cc(F)cc(-c2nc(=S)c3c([nH]2)CSC3)c1. The average Bonchev–Trinajstić information content (AvgIpc) is 2.76. The Bertz CT molecular complexity index is 659. The molecule has 1 N–H and O–H groups in total. The quantitative estimate of drug-likeness (QED) is 0.799. The van der Waals surface area contributed by atoms with E-state index in [-0.39, 0.29) is 5.82 Å². The van der Waals surface area contributed by atoms with Gasteiger partial charge in [-0.1, -0.05) is 12.2 Å². The summed E-state index contributed by atoms with van der Waals surface area (Å²) in [6, 6.07) is 4.89. The highest BCUT2D eigenvalue weighted by Gasteiger charge is 2.16. The monoisotopic (exact) mass is 278 g/mol. The van der Waals surface area contributed by atoms with Gasteiger partial charge >= 0.3 is 0 Å². The van der Waals surface area contributed by atoms with Crippen LogP contribution >= 0.6 is 24.0 Å². The van der Waals surface area contributed by atoms with Gasteiger partial charge < -0.3 is 4.98 Å². The molecule has 2 aromatic rings. The summed E-state index contributed by atoms with van der Waals surface area (Å²) >= 11 is 7.11. The number of halogens is 1. The molecule has 92 valence electrons. The van der Waals surface area contributed by atoms with Gasteiger partial charge in [-0.15, -0.1) is 0 Å². The minimum atomic E-state index is -0.249. The average molecular weight is 278 g/mol. The van der Waals surface area contributed by atoms with Gasteiger partial charge in [-0.25, -0.2) is 9.37 Å². The Labute approximate surface area is 114 Å². The van der Waals surface area contributed by atoms with E-state index in [9.17, 15) is 4.39 Å². The fourth-order valence-corrected chi connectivity index (χ4v) is 3.53. The Kier molecular flexibility index (Phi) is 2.95. The van der Waals surface area contributed by atoms with Crippen LogP contribution < -0.4 is 0 Å². The summed E-state index contributed by atoms with van der Waals surface area (Å²) in [6.07, 6.45) is 0. The molecule has 0 fully saturated rings. The van der Waals surface area contributed by atoms with E-state index in [0.29, 0.717) is 10.5 Å². The lowest BCUT2D eigenvalue weighted by atomic mass is 10.1. The Morgan fingerprint density at radius 1 is 1.33 bits per heavy atom. The molecule has 0 saturated heterocycles. The lowest BCUT2D eigenvalue weighted by Gasteiger charge is -2.06. The molecule has 0 radical (unpaired) electrons. The number of aryl methyl sites for hydroxylation is 1. The molecule has 2 heterocycles. The van der Waals surface area contributed by atoms with Crippen LogP contribution in [0.4, 0.5) is 4.39 Å². The molecule has 0 saturated carbocycles. The maximum Gasteiger partial charge on any atom is 0.139 e. The maximum atomic E-state index is 13.4. The topological polar surface area (TPSA) is 28.7 Å². The van der Waals surface area contributed by atoms with Crippen molar-refractivity contribution in [2.45, 2.75) is 18.4 Å². The van der Waals surface area contributed by atoms with Crippen molar-refractivity contribution in [3.05, 3.63) is 45.5 Å². The number of hydrogen-bond donors (Lipinski definition) is 1. The number of hydrogen-bond acceptors (Lipinski definition) is 3. The van der Waals surface area contributed by atoms with Gasteiger partial charge in [0, 0.05) is 28.3 Å². The van der Waals surface area contributed by atoms with Gasteiger partial charge in [0.25, 0.3) is 0 Å². The molecule has 0 aliphatic carbocycles. The number of benzene rings is 1. The molecule has 0 spiro atoms. The Hall–Kier alpha value is -1.20. The predicted molar refractivity (Wildman–Crippen MR) is 74.6 cm³/mol. The summed E-state index contributed by atoms with van der Waals surface area (Å²) in [5.41, 5.74) is 3.86. The minimum Gasteiger partial charge on any atom is -0.342 e. The molecule has 5 heteroatoms. The van der Waals surface area contributed by atoms with E-state index in [1.807, 2.05) is 24.8 Å². The number of aromatic nitrogens is 2. The van der Waals surface area contributed by atoms with Gasteiger partial charge in [0.1, 0.15) is 16.3 Å². The van der Waals surface area contributed by atoms with Crippen LogP contribution in [-0.4, -0.2) is 9.97 Å². The van der Waals surface area contributed by atoms with Gasteiger partial charge in [-0.05, 0) is 30.7 Å². The number of nitrogens with one attached hydrogen (secondary N) is 1. The molecule has 0 unspecified atom stereocenters. The van der Waals surface area contributed by atoms with Crippen LogP contribution in [0.1, 0.15) is 16.8 Å². The van der Waals surface area contributed by atoms with Crippen molar-refractivity contribution in [2.24, 2.45) is 0 Å². The summed E-state index contributed by atoms with van der Waals surface area (Å²) in [7, 11) is 0. The van der Waals surface area contributed by atoms with Crippen molar-refractivity contribution < 1.29 is 4.39 Å². The van der Waals surface area contributed by atoms with Crippen LogP contribution in [-0.2, 0) is 11.5 Å². The Morgan fingerprint density at radius 2 is 2.17 bits per heavy atom. The lowest BCUT2D eigenvalue weighted by Crippen LogP contribution is -1.97. The molecular weight excluding hydrogens is 267 g/mol. The third-order valence-corrected chi connectivity index (χ3v) is 4.24. The molecule has 0 bridgehead atoms. The molecule has 1 aromatic carbocycles. The Balaban J connectivity index is 2.18. The van der Waals surface area contributed by atoms with Gasteiger partial charge in [0.2, 0.25) is 0 Å². The summed E-state index contributed by atoms with van der Waals surface area (Å²) in [5.74, 6) is 2.24. The third kappa shape index (κ3) is 2.08. The van der Waals surface area contributed by atoms with E-state index in [1.54, 1.807) is 0 Å². The standard InChI is InChI=1S/C13H11FN2S2/c1-7-2-8(4-9(14)3-7)12-15-11-6-18-5-10(11)13(17)16-12/h2-4H,5-6H2,1H3,(H,15,16,17). The van der Waals surface area contributed by atoms with E-state index in [0.717, 1.165) is 33.9 Å². The van der Waals surface area contributed by atoms with Crippen molar-refractivity contribution in [3.8, 4) is 11.4 Å². The molecule has 1 aliphatic heterocycles. The minimum absolute atomic E-state index is 0.249. The van der Waals surface area contributed by atoms with Crippen molar-refractivity contribution in [2.75, 3.05) is 0 Å². The first kappa shape index (κ1) is 11.9. The molecule has 18 heavy (non-hydrogen) atoms. The second-order valence-corrected chi connectivity index (χ2v) is 5.73. The number of fused-ring (bicyclic) bond motifs is 1. The van der Waals surface area contributed by atoms with Crippen molar-refractivity contribution in [1.29, 1.82) is 0 Å². The zero-order chi connectivity index (χ0) is 12.7. The molecule has 3 rings (SSSR count). The first-order valence-electron chi connectivity index (χ1n) is 5.61. The van der Waals surface area contributed by atoms with Crippen LogP contribution in [0.3, 0.4) is 0 Å². The van der Waals surface area contributed by atoms with Crippen molar-refractivity contribution in [1.82, 2.24) is 9.97 Å². The fourth-order valence-electron chi connectivity index (χ4n) is 2.08. The molecule has 1 aliphatic rings. The van der Waals surface area contributed by atoms with Gasteiger partial charge in [0.15, 0.2) is 0 Å². The number of thioether (sulfide) groups is 1. The van der Waals surface area contributed by atoms with Crippen molar-refractivity contribution >= 4 is 24.0 Å². The first-order chi connectivity index (χ1) is 8.63. The first-order valence-corrected chi connectivity index (χ1v) is 7.17. The van der Waals surface area contributed by atoms with Crippen molar-refractivity contribution in [3.63, 3.8) is 0 Å². The number of rotatable bonds is 1. The highest BCUT2D eigenvalue weighted by Crippen LogP contribution is 2.30. The van der Waals surface area contributed by atoms with Crippen LogP contribution in [0.15, 0.2) is 18.2 Å². The largest absolute Gasteiger partial charge is 0.342 e. The zero-order valence-electron chi connectivity index (χ0n) is 9.79. The highest BCUT2D eigenvalue weighted by molar-refractivity contribution is 7.98. The fraction of sp³-hybridized carbons (Fsp3) is 0.231. The summed E-state index contributed by atoms with van der Waals surface area (Å²) < 4.78 is 14.0. The predicted octanol–water partition coefficient (Wildman–Crippen LogP) is 4.00. The van der Waals surface area contributed by atoms with Crippen LogP contribution in [0.2, 0.25) is 0 Å². The van der Waals surface area contributed by atoms with E-state index in [1.165, 1.54) is 12.1 Å². The third-order valence-electron chi connectivity index (χ3n) is 2.91. The van der Waals surface area contributed by atoms with Gasteiger partial charge in [-0.2, -0.15) is 11.8 Å². The molecule has 0 atom stereocenters. The van der Waals surface area contributed by atoms with Crippen LogP contribution in [0.25, 0.3) is 11.4 Å². The number of nitrogens with zero attached hydrogens (tertiary/aromatic N) is 1. The molecular formula is C13H11FN2S2. The van der Waals surface area contributed by atoms with Gasteiger partial charge in [-0.3, -0.25) is 0 Å². The van der Waals surface area contributed by atoms with E-state index >= 15 is 0 Å². The van der Waals surface area contributed by atoms with E-state index in [2.05, 4.69) is 9.97 Å². The summed E-state index contributed by atoms with van der Waals surface area (Å²) in [4.78, 5) is 7.65. The van der Waals surface area contributed by atoms with Crippen LogP contribution in [0, 0.1) is 17.4 Å². The van der Waals surface area contributed by atoms with E-state index < -0.39 is 0 Å². The summed E-state index contributed by atoms with van der Waals surface area (Å²) in [5, 5.41) is 0. The zero-order valence-corrected chi connectivity index (χ0v) is 11.4. The number of H-pyrrole nitrogens is 1. The number of aromatic amines is 1.